The minimum Gasteiger partial charge on any atom is -0.345 e. The molecule has 2 aromatic carbocycles. The predicted octanol–water partition coefficient (Wildman–Crippen LogP) is 8.34. The van der Waals surface area contributed by atoms with Gasteiger partial charge in [0.15, 0.2) is 5.79 Å². The fraction of sp³-hybridized carbons (Fsp3) is 0.318. The number of rotatable bonds is 8. The molecular weight excluding hydrogens is 569 g/mol. The van der Waals surface area contributed by atoms with Crippen molar-refractivity contribution >= 4 is 81.4 Å². The first kappa shape index (κ1) is 25.7. The Labute approximate surface area is 226 Å². The average Bonchev–Trinajstić information content (AvgIpc) is 3.46. The van der Waals surface area contributed by atoms with Crippen LogP contribution < -0.4 is 0 Å². The minimum atomic E-state index is -0.797. The van der Waals surface area contributed by atoms with E-state index in [4.69, 9.17) is 79.1 Å². The van der Waals surface area contributed by atoms with Crippen molar-refractivity contribution in [2.75, 3.05) is 12.4 Å². The Hall–Kier alpha value is -0.340. The van der Waals surface area contributed by atoms with Gasteiger partial charge >= 0.3 is 0 Å². The number of aromatic nitrogens is 2. The van der Waals surface area contributed by atoms with Gasteiger partial charge in [-0.1, -0.05) is 81.7 Å². The molecule has 1 aliphatic rings. The number of benzene rings is 2. The zero-order valence-corrected chi connectivity index (χ0v) is 22.4. The van der Waals surface area contributed by atoms with Crippen LogP contribution in [0.1, 0.15) is 12.0 Å². The molecule has 176 valence electrons. The molecular formula is C22H18Cl6N2O2S. The van der Waals surface area contributed by atoms with Crippen LogP contribution in [0.25, 0.3) is 0 Å². The summed E-state index contributed by atoms with van der Waals surface area (Å²) in [4.78, 5) is 4.69. The summed E-state index contributed by atoms with van der Waals surface area (Å²) < 4.78 is 14.6. The maximum absolute atomic E-state index is 6.46. The van der Waals surface area contributed by atoms with Crippen LogP contribution in [-0.2, 0) is 22.4 Å². The lowest BCUT2D eigenvalue weighted by Crippen LogP contribution is -2.37. The van der Waals surface area contributed by atoms with Crippen molar-refractivity contribution in [3.63, 3.8) is 0 Å². The molecule has 4 rings (SSSR count). The molecule has 2 unspecified atom stereocenters. The van der Waals surface area contributed by atoms with Crippen LogP contribution in [0.2, 0.25) is 30.1 Å². The molecule has 0 N–H and O–H groups in total. The van der Waals surface area contributed by atoms with Crippen molar-refractivity contribution in [3.05, 3.63) is 78.7 Å². The smallest absolute Gasteiger partial charge is 0.187 e. The van der Waals surface area contributed by atoms with Crippen molar-refractivity contribution in [1.29, 1.82) is 0 Å². The Balaban J connectivity index is 1.46. The van der Waals surface area contributed by atoms with Crippen LogP contribution in [0.3, 0.4) is 0 Å². The summed E-state index contributed by atoms with van der Waals surface area (Å²) >= 11 is 38.6. The summed E-state index contributed by atoms with van der Waals surface area (Å²) in [7, 11) is 0. The Morgan fingerprint density at radius 2 is 1.64 bits per heavy atom. The van der Waals surface area contributed by atoms with Crippen LogP contribution in [0.5, 0.6) is 0 Å². The average molecular weight is 587 g/mol. The van der Waals surface area contributed by atoms with Crippen molar-refractivity contribution in [1.82, 2.24) is 9.55 Å². The van der Waals surface area contributed by atoms with Crippen LogP contribution in [-0.4, -0.2) is 33.8 Å². The number of halogens is 6. The Kier molecular flexibility index (Phi) is 8.70. The van der Waals surface area contributed by atoms with Crippen molar-refractivity contribution in [3.8, 4) is 0 Å². The van der Waals surface area contributed by atoms with Crippen molar-refractivity contribution in [2.24, 2.45) is 0 Å². The maximum Gasteiger partial charge on any atom is 0.187 e. The highest BCUT2D eigenvalue weighted by Gasteiger charge is 2.41. The van der Waals surface area contributed by atoms with Gasteiger partial charge in [-0.15, -0.1) is 11.8 Å². The maximum atomic E-state index is 6.46. The van der Waals surface area contributed by atoms with E-state index in [2.05, 4.69) is 4.98 Å². The van der Waals surface area contributed by atoms with Gasteiger partial charge in [-0.3, -0.25) is 0 Å². The third-order valence-electron chi connectivity index (χ3n) is 5.19. The van der Waals surface area contributed by atoms with Gasteiger partial charge in [0.2, 0.25) is 0 Å². The van der Waals surface area contributed by atoms with Gasteiger partial charge in [0.25, 0.3) is 0 Å². The van der Waals surface area contributed by atoms with E-state index in [-0.39, 0.29) is 31.2 Å². The lowest BCUT2D eigenvalue weighted by molar-refractivity contribution is -0.180. The van der Waals surface area contributed by atoms with Gasteiger partial charge in [-0.05, 0) is 24.1 Å². The molecule has 0 bridgehead atoms. The molecule has 4 nitrogen and oxygen atoms in total. The van der Waals surface area contributed by atoms with E-state index < -0.39 is 5.79 Å². The predicted molar refractivity (Wildman–Crippen MR) is 138 cm³/mol. The quantitative estimate of drug-likeness (QED) is 0.151. The zero-order chi connectivity index (χ0) is 23.6. The number of aryl methyl sites for hydroxylation is 1. The van der Waals surface area contributed by atoms with Crippen LogP contribution >= 0.6 is 81.4 Å². The second kappa shape index (κ2) is 11.2. The first-order chi connectivity index (χ1) is 15.8. The van der Waals surface area contributed by atoms with Gasteiger partial charge in [0.05, 0.1) is 50.7 Å². The van der Waals surface area contributed by atoms with Gasteiger partial charge in [0.1, 0.15) is 0 Å². The normalized spacial score (nSPS) is 20.5. The van der Waals surface area contributed by atoms with Crippen LogP contribution in [0.15, 0.2) is 47.9 Å². The van der Waals surface area contributed by atoms with E-state index >= 15 is 0 Å². The van der Waals surface area contributed by atoms with Crippen LogP contribution in [0, 0.1) is 0 Å². The van der Waals surface area contributed by atoms with Gasteiger partial charge < -0.3 is 14.0 Å². The molecule has 0 aliphatic carbocycles. The molecule has 2 atom stereocenters. The molecule has 0 spiro atoms. The molecule has 1 aromatic heterocycles. The lowest BCUT2D eigenvalue weighted by Gasteiger charge is -2.28. The first-order valence-corrected chi connectivity index (χ1v) is 13.2. The fourth-order valence-electron chi connectivity index (χ4n) is 3.52. The minimum absolute atomic E-state index is 0.139. The van der Waals surface area contributed by atoms with E-state index in [1.54, 1.807) is 12.5 Å². The second-order valence-electron chi connectivity index (χ2n) is 7.53. The van der Waals surface area contributed by atoms with Crippen molar-refractivity contribution in [2.45, 2.75) is 36.2 Å². The van der Waals surface area contributed by atoms with E-state index in [1.807, 2.05) is 35.0 Å². The third-order valence-corrected chi connectivity index (χ3v) is 9.18. The molecule has 2 heterocycles. The number of thioether (sulfide) groups is 1. The van der Waals surface area contributed by atoms with E-state index in [9.17, 15) is 0 Å². The SMILES string of the molecule is Clc1ccc(CCC2(Cn3ccnc3)OCC(CSc3c(Cl)c(Cl)c(Cl)c(Cl)c3Cl)O2)cc1. The summed E-state index contributed by atoms with van der Waals surface area (Å²) in [6.07, 6.45) is 6.60. The van der Waals surface area contributed by atoms with E-state index in [0.717, 1.165) is 12.0 Å². The fourth-order valence-corrected chi connectivity index (χ4v) is 6.20. The summed E-state index contributed by atoms with van der Waals surface area (Å²) in [5.41, 5.74) is 1.15. The summed E-state index contributed by atoms with van der Waals surface area (Å²) in [6.45, 7) is 0.939. The third kappa shape index (κ3) is 6.08. The first-order valence-electron chi connectivity index (χ1n) is 9.94. The highest BCUT2D eigenvalue weighted by atomic mass is 35.5. The number of nitrogens with zero attached hydrogens (tertiary/aromatic N) is 2. The number of ether oxygens (including phenoxy) is 2. The summed E-state index contributed by atoms with van der Waals surface area (Å²) in [5, 5.41) is 1.74. The largest absolute Gasteiger partial charge is 0.345 e. The van der Waals surface area contributed by atoms with E-state index in [1.165, 1.54) is 11.8 Å². The van der Waals surface area contributed by atoms with Crippen molar-refractivity contribution < 1.29 is 9.47 Å². The standard InChI is InChI=1S/C22H18Cl6N2O2S/c23-14-3-1-13(2-4-14)5-6-22(11-30-8-7-29-12-30)31-9-15(32-22)10-33-21-19(27)17(25)16(24)18(26)20(21)28/h1-4,7-8,12,15H,5-6,9-11H2. The summed E-state index contributed by atoms with van der Waals surface area (Å²) in [6, 6.07) is 7.78. The van der Waals surface area contributed by atoms with Gasteiger partial charge in [-0.2, -0.15) is 0 Å². The molecule has 3 aromatic rings. The summed E-state index contributed by atoms with van der Waals surface area (Å²) in [5.74, 6) is -0.255. The Morgan fingerprint density at radius 1 is 0.970 bits per heavy atom. The highest BCUT2D eigenvalue weighted by Crippen LogP contribution is 2.48. The molecule has 11 heteroatoms. The monoisotopic (exact) mass is 584 g/mol. The number of hydrogen-bond donors (Lipinski definition) is 0. The molecule has 0 saturated carbocycles. The van der Waals surface area contributed by atoms with Gasteiger partial charge in [-0.25, -0.2) is 4.98 Å². The Morgan fingerprint density at radius 3 is 2.27 bits per heavy atom. The van der Waals surface area contributed by atoms with E-state index in [0.29, 0.717) is 35.2 Å². The number of hydrogen-bond acceptors (Lipinski definition) is 4. The second-order valence-corrected chi connectivity index (χ2v) is 10.9. The molecule has 33 heavy (non-hydrogen) atoms. The highest BCUT2D eigenvalue weighted by molar-refractivity contribution is 7.99. The van der Waals surface area contributed by atoms with Crippen LogP contribution in [0.4, 0.5) is 0 Å². The molecule has 1 aliphatic heterocycles. The molecule has 0 radical (unpaired) electrons. The molecule has 1 fully saturated rings. The topological polar surface area (TPSA) is 36.3 Å². The lowest BCUT2D eigenvalue weighted by atomic mass is 10.0. The Bertz CT molecular complexity index is 1080. The van der Waals surface area contributed by atoms with Gasteiger partial charge in [0, 0.05) is 34.5 Å². The zero-order valence-electron chi connectivity index (χ0n) is 17.0. The number of imidazole rings is 1. The molecule has 1 saturated heterocycles. The molecule has 0 amide bonds.